The Hall–Kier alpha value is -1.79. The third-order valence-corrected chi connectivity index (χ3v) is 2.89. The second-order valence-electron chi connectivity index (χ2n) is 4.20. The van der Waals surface area contributed by atoms with Gasteiger partial charge in [0.05, 0.1) is 32.4 Å². The molecule has 98 valence electrons. The Balaban J connectivity index is 1.94. The molecular weight excluding hydrogens is 236 g/mol. The molecule has 18 heavy (non-hydrogen) atoms. The van der Waals surface area contributed by atoms with Crippen LogP contribution in [0.1, 0.15) is 0 Å². The zero-order valence-corrected chi connectivity index (χ0v) is 10.0. The predicted molar refractivity (Wildman–Crippen MR) is 65.6 cm³/mol. The molecule has 2 atom stereocenters. The van der Waals surface area contributed by atoms with Gasteiger partial charge in [-0.25, -0.2) is 4.79 Å². The van der Waals surface area contributed by atoms with E-state index in [4.69, 9.17) is 4.74 Å². The monoisotopic (exact) mass is 252 g/mol. The summed E-state index contributed by atoms with van der Waals surface area (Å²) in [6.45, 7) is 0.284. The van der Waals surface area contributed by atoms with Crippen molar-refractivity contribution < 1.29 is 19.7 Å². The third kappa shape index (κ3) is 2.72. The minimum Gasteiger partial charge on any atom is -0.497 e. The van der Waals surface area contributed by atoms with Crippen molar-refractivity contribution >= 4 is 11.7 Å². The first-order valence-electron chi connectivity index (χ1n) is 5.66. The number of amides is 2. The van der Waals surface area contributed by atoms with Gasteiger partial charge >= 0.3 is 6.03 Å². The highest BCUT2D eigenvalue weighted by Gasteiger charge is 2.32. The number of aliphatic hydroxyl groups excluding tert-OH is 2. The number of rotatable bonds is 2. The summed E-state index contributed by atoms with van der Waals surface area (Å²) in [5.74, 6) is 0.708. The van der Waals surface area contributed by atoms with Crippen LogP contribution in [0.4, 0.5) is 10.5 Å². The van der Waals surface area contributed by atoms with Crippen molar-refractivity contribution in [3.8, 4) is 5.75 Å². The van der Waals surface area contributed by atoms with Crippen LogP contribution in [-0.4, -0.2) is 53.6 Å². The number of hydrogen-bond donors (Lipinski definition) is 3. The number of carbonyl (C=O) groups is 1. The second-order valence-corrected chi connectivity index (χ2v) is 4.20. The van der Waals surface area contributed by atoms with Crippen LogP contribution in [-0.2, 0) is 0 Å². The van der Waals surface area contributed by atoms with Gasteiger partial charge in [-0.15, -0.1) is 0 Å². The number of urea groups is 1. The van der Waals surface area contributed by atoms with E-state index in [9.17, 15) is 15.0 Å². The molecule has 3 N–H and O–H groups in total. The number of carbonyl (C=O) groups excluding carboxylic acids is 1. The Kier molecular flexibility index (Phi) is 3.69. The van der Waals surface area contributed by atoms with Gasteiger partial charge in [0, 0.05) is 5.69 Å². The van der Waals surface area contributed by atoms with E-state index in [1.807, 2.05) is 0 Å². The van der Waals surface area contributed by atoms with Crippen molar-refractivity contribution in [3.63, 3.8) is 0 Å². The highest BCUT2D eigenvalue weighted by atomic mass is 16.5. The number of nitrogens with one attached hydrogen (secondary N) is 1. The SMILES string of the molecule is COc1ccc(NC(=O)N2C[C@@H](O)[C@@H](O)C2)cc1. The molecule has 2 rings (SSSR count). The van der Waals surface area contributed by atoms with Gasteiger partial charge in [0.25, 0.3) is 0 Å². The van der Waals surface area contributed by atoms with Crippen molar-refractivity contribution in [2.45, 2.75) is 12.2 Å². The first-order chi connectivity index (χ1) is 8.60. The molecule has 1 aliphatic rings. The Morgan fingerprint density at radius 1 is 1.28 bits per heavy atom. The van der Waals surface area contributed by atoms with Crippen LogP contribution < -0.4 is 10.1 Å². The number of methoxy groups -OCH3 is 1. The van der Waals surface area contributed by atoms with E-state index >= 15 is 0 Å². The molecule has 1 fully saturated rings. The van der Waals surface area contributed by atoms with Crippen molar-refractivity contribution in [1.82, 2.24) is 4.90 Å². The van der Waals surface area contributed by atoms with Crippen molar-refractivity contribution in [3.05, 3.63) is 24.3 Å². The van der Waals surface area contributed by atoms with Crippen LogP contribution >= 0.6 is 0 Å². The Morgan fingerprint density at radius 2 is 1.83 bits per heavy atom. The molecule has 6 heteroatoms. The normalized spacial score (nSPS) is 22.9. The van der Waals surface area contributed by atoms with Gasteiger partial charge in [0.2, 0.25) is 0 Å². The third-order valence-electron chi connectivity index (χ3n) is 2.89. The molecule has 6 nitrogen and oxygen atoms in total. The minimum absolute atomic E-state index is 0.142. The second kappa shape index (κ2) is 5.24. The van der Waals surface area contributed by atoms with Crippen LogP contribution in [0.15, 0.2) is 24.3 Å². The summed E-state index contributed by atoms with van der Waals surface area (Å²) in [7, 11) is 1.57. The van der Waals surface area contributed by atoms with Crippen molar-refractivity contribution in [2.75, 3.05) is 25.5 Å². The summed E-state index contributed by atoms with van der Waals surface area (Å²) in [5, 5.41) is 21.4. The maximum absolute atomic E-state index is 11.8. The number of nitrogens with zero attached hydrogens (tertiary/aromatic N) is 1. The molecule has 1 saturated heterocycles. The lowest BCUT2D eigenvalue weighted by Gasteiger charge is -2.16. The number of aliphatic hydroxyl groups is 2. The molecule has 1 aromatic rings. The van der Waals surface area contributed by atoms with Crippen molar-refractivity contribution in [2.24, 2.45) is 0 Å². The van der Waals surface area contributed by atoms with Crippen LogP contribution in [0.3, 0.4) is 0 Å². The summed E-state index contributed by atoms with van der Waals surface area (Å²) in [5.41, 5.74) is 0.636. The molecule has 0 aromatic heterocycles. The summed E-state index contributed by atoms with van der Waals surface area (Å²) in [6, 6.07) is 6.59. The standard InChI is InChI=1S/C12H16N2O4/c1-18-9-4-2-8(3-5-9)13-12(17)14-6-10(15)11(16)7-14/h2-5,10-11,15-16H,6-7H2,1H3,(H,13,17)/t10-,11+. The predicted octanol–water partition coefficient (Wildman–Crippen LogP) is 0.264. The van der Waals surface area contributed by atoms with Crippen LogP contribution in [0.5, 0.6) is 5.75 Å². The van der Waals surface area contributed by atoms with Crippen molar-refractivity contribution in [1.29, 1.82) is 0 Å². The van der Waals surface area contributed by atoms with E-state index in [1.54, 1.807) is 31.4 Å². The molecule has 0 aliphatic carbocycles. The topological polar surface area (TPSA) is 82.0 Å². The zero-order chi connectivity index (χ0) is 13.1. The summed E-state index contributed by atoms with van der Waals surface area (Å²) in [6.07, 6.45) is -1.74. The maximum atomic E-state index is 11.8. The number of anilines is 1. The molecule has 1 aliphatic heterocycles. The van der Waals surface area contributed by atoms with E-state index < -0.39 is 12.2 Å². The van der Waals surface area contributed by atoms with E-state index in [2.05, 4.69) is 5.32 Å². The molecule has 1 heterocycles. The van der Waals surface area contributed by atoms with Gasteiger partial charge in [-0.3, -0.25) is 0 Å². The fraction of sp³-hybridized carbons (Fsp3) is 0.417. The Morgan fingerprint density at radius 3 is 2.33 bits per heavy atom. The fourth-order valence-corrected chi connectivity index (χ4v) is 1.81. The first-order valence-corrected chi connectivity index (χ1v) is 5.66. The molecule has 2 amide bonds. The van der Waals surface area contributed by atoms with E-state index in [-0.39, 0.29) is 19.1 Å². The lowest BCUT2D eigenvalue weighted by Crippen LogP contribution is -2.33. The fourth-order valence-electron chi connectivity index (χ4n) is 1.81. The maximum Gasteiger partial charge on any atom is 0.322 e. The first kappa shape index (κ1) is 12.7. The van der Waals surface area contributed by atoms with E-state index in [0.717, 1.165) is 0 Å². The molecule has 1 aromatic carbocycles. The van der Waals surface area contributed by atoms with Gasteiger partial charge in [-0.1, -0.05) is 0 Å². The number of benzene rings is 1. The van der Waals surface area contributed by atoms with E-state index in [1.165, 1.54) is 4.90 Å². The number of β-amino-alcohol motifs (C(OH)–C–C–N with tert-alkyl or cyclic N) is 2. The summed E-state index contributed by atoms with van der Waals surface area (Å²) in [4.78, 5) is 13.2. The quantitative estimate of drug-likeness (QED) is 0.705. The Bertz CT molecular complexity index is 411. The van der Waals surface area contributed by atoms with Gasteiger partial charge in [0.15, 0.2) is 0 Å². The molecular formula is C12H16N2O4. The lowest BCUT2D eigenvalue weighted by atomic mass is 10.3. The average molecular weight is 252 g/mol. The molecule has 0 radical (unpaired) electrons. The highest BCUT2D eigenvalue weighted by molar-refractivity contribution is 5.89. The minimum atomic E-state index is -0.869. The van der Waals surface area contributed by atoms with Gasteiger partial charge < -0.3 is 25.2 Å². The zero-order valence-electron chi connectivity index (χ0n) is 10.0. The molecule has 0 saturated carbocycles. The smallest absolute Gasteiger partial charge is 0.322 e. The highest BCUT2D eigenvalue weighted by Crippen LogP contribution is 2.17. The number of ether oxygens (including phenoxy) is 1. The molecule has 0 bridgehead atoms. The van der Waals surface area contributed by atoms with E-state index in [0.29, 0.717) is 11.4 Å². The lowest BCUT2D eigenvalue weighted by molar-refractivity contribution is 0.0572. The number of hydrogen-bond acceptors (Lipinski definition) is 4. The largest absolute Gasteiger partial charge is 0.497 e. The Labute approximate surface area is 105 Å². The van der Waals surface area contributed by atoms with Gasteiger partial charge in [0.1, 0.15) is 5.75 Å². The van der Waals surface area contributed by atoms with Gasteiger partial charge in [-0.05, 0) is 24.3 Å². The number of likely N-dealkylation sites (tertiary alicyclic amines) is 1. The average Bonchev–Trinajstić information content (AvgIpc) is 2.71. The molecule has 0 unspecified atom stereocenters. The van der Waals surface area contributed by atoms with Gasteiger partial charge in [-0.2, -0.15) is 0 Å². The van der Waals surface area contributed by atoms with Crippen LogP contribution in [0.25, 0.3) is 0 Å². The summed E-state index contributed by atoms with van der Waals surface area (Å²) >= 11 is 0. The molecule has 0 spiro atoms. The summed E-state index contributed by atoms with van der Waals surface area (Å²) < 4.78 is 5.01. The van der Waals surface area contributed by atoms with Crippen LogP contribution in [0, 0.1) is 0 Å². The van der Waals surface area contributed by atoms with Crippen LogP contribution in [0.2, 0.25) is 0 Å².